The molecule has 0 unspecified atom stereocenters. The van der Waals surface area contributed by atoms with Crippen LogP contribution < -0.4 is 10.0 Å². The first-order valence-corrected chi connectivity index (χ1v) is 9.14. The Morgan fingerprint density at radius 3 is 2.67 bits per heavy atom. The Balaban J connectivity index is 2.01. The van der Waals surface area contributed by atoms with Gasteiger partial charge in [0, 0.05) is 12.6 Å². The van der Waals surface area contributed by atoms with Crippen LogP contribution in [-0.2, 0) is 16.6 Å². The molecule has 5 nitrogen and oxygen atoms in total. The molecule has 120 valence electrons. The molecule has 2 rings (SSSR count). The Bertz CT molecular complexity index is 574. The lowest BCUT2D eigenvalue weighted by atomic mass is 9.71. The topological polar surface area (TPSA) is 71.3 Å². The predicted molar refractivity (Wildman–Crippen MR) is 82.6 cm³/mol. The first kappa shape index (κ1) is 16.5. The fourth-order valence-corrected chi connectivity index (χ4v) is 3.97. The molecule has 0 spiro atoms. The average Bonchev–Trinajstić information content (AvgIpc) is 2.77. The molecular formula is C15H26N2O3S. The van der Waals surface area contributed by atoms with Crippen molar-refractivity contribution in [3.8, 4) is 0 Å². The van der Waals surface area contributed by atoms with Crippen LogP contribution in [0.25, 0.3) is 0 Å². The smallest absolute Gasteiger partial charge is 0.244 e. The van der Waals surface area contributed by atoms with Gasteiger partial charge >= 0.3 is 0 Å². The fourth-order valence-electron chi connectivity index (χ4n) is 2.57. The van der Waals surface area contributed by atoms with Crippen LogP contribution >= 0.6 is 0 Å². The normalized spacial score (nSPS) is 17.7. The second-order valence-corrected chi connectivity index (χ2v) is 8.03. The van der Waals surface area contributed by atoms with E-state index in [9.17, 15) is 8.42 Å². The Morgan fingerprint density at radius 2 is 2.10 bits per heavy atom. The Morgan fingerprint density at radius 1 is 1.38 bits per heavy atom. The summed E-state index contributed by atoms with van der Waals surface area (Å²) in [7, 11) is -3.48. The highest BCUT2D eigenvalue weighted by Crippen LogP contribution is 2.39. The third-order valence-corrected chi connectivity index (χ3v) is 5.70. The predicted octanol–water partition coefficient (Wildman–Crippen LogP) is 2.56. The van der Waals surface area contributed by atoms with Crippen LogP contribution in [0.2, 0.25) is 0 Å². The summed E-state index contributed by atoms with van der Waals surface area (Å²) >= 11 is 0. The summed E-state index contributed by atoms with van der Waals surface area (Å²) in [6, 6.07) is 1.63. The molecule has 0 radical (unpaired) electrons. The van der Waals surface area contributed by atoms with E-state index in [2.05, 4.69) is 23.9 Å². The number of nitrogens with one attached hydrogen (secondary N) is 2. The molecule has 1 aliphatic rings. The summed E-state index contributed by atoms with van der Waals surface area (Å²) in [4.78, 5) is 0.263. The zero-order valence-corrected chi connectivity index (χ0v) is 14.0. The van der Waals surface area contributed by atoms with Gasteiger partial charge in [-0.25, -0.2) is 13.1 Å². The quantitative estimate of drug-likeness (QED) is 0.723. The van der Waals surface area contributed by atoms with Gasteiger partial charge in [0.05, 0.1) is 6.54 Å². The number of furan rings is 1. The second-order valence-electron chi connectivity index (χ2n) is 6.30. The second kappa shape index (κ2) is 6.50. The van der Waals surface area contributed by atoms with Crippen molar-refractivity contribution in [3.63, 3.8) is 0 Å². The summed E-state index contributed by atoms with van der Waals surface area (Å²) in [5.41, 5.74) is 0.121. The monoisotopic (exact) mass is 314 g/mol. The molecule has 0 aliphatic heterocycles. The first-order valence-electron chi connectivity index (χ1n) is 7.66. The number of hydrogen-bond donors (Lipinski definition) is 2. The van der Waals surface area contributed by atoms with E-state index in [-0.39, 0.29) is 10.3 Å². The highest BCUT2D eigenvalue weighted by Gasteiger charge is 2.33. The zero-order valence-electron chi connectivity index (χ0n) is 13.2. The maximum atomic E-state index is 12.4. The lowest BCUT2D eigenvalue weighted by Gasteiger charge is -2.38. The molecule has 0 amide bonds. The van der Waals surface area contributed by atoms with Gasteiger partial charge in [0.1, 0.15) is 16.4 Å². The lowest BCUT2D eigenvalue weighted by molar-refractivity contribution is 0.166. The minimum absolute atomic E-state index is 0.121. The molecule has 1 aromatic heterocycles. The summed E-state index contributed by atoms with van der Waals surface area (Å²) in [6.07, 6.45) is 4.40. The molecule has 0 saturated heterocycles. The van der Waals surface area contributed by atoms with Crippen LogP contribution in [0.4, 0.5) is 0 Å². The molecule has 2 N–H and O–H groups in total. The molecule has 0 atom stereocenters. The van der Waals surface area contributed by atoms with Crippen molar-refractivity contribution in [1.82, 2.24) is 10.0 Å². The van der Waals surface area contributed by atoms with Gasteiger partial charge in [-0.2, -0.15) is 0 Å². The van der Waals surface area contributed by atoms with E-state index in [0.717, 1.165) is 25.8 Å². The number of aryl methyl sites for hydroxylation is 1. The van der Waals surface area contributed by atoms with E-state index < -0.39 is 10.0 Å². The molecule has 1 aliphatic carbocycles. The molecule has 1 heterocycles. The number of hydrogen-bond acceptors (Lipinski definition) is 4. The molecule has 21 heavy (non-hydrogen) atoms. The molecule has 1 saturated carbocycles. The van der Waals surface area contributed by atoms with Crippen molar-refractivity contribution in [2.24, 2.45) is 5.41 Å². The van der Waals surface area contributed by atoms with Crippen LogP contribution in [0.1, 0.15) is 51.1 Å². The Labute approximate surface area is 127 Å². The number of sulfonamides is 1. The highest BCUT2D eigenvalue weighted by molar-refractivity contribution is 7.89. The largest absolute Gasteiger partial charge is 0.464 e. The first-order chi connectivity index (χ1) is 9.86. The maximum absolute atomic E-state index is 12.4. The third kappa shape index (κ3) is 4.08. The Kier molecular flexibility index (Phi) is 5.11. The van der Waals surface area contributed by atoms with Gasteiger partial charge in [0.2, 0.25) is 10.0 Å². The van der Waals surface area contributed by atoms with Gasteiger partial charge in [0.15, 0.2) is 0 Å². The molecule has 0 bridgehead atoms. The van der Waals surface area contributed by atoms with Gasteiger partial charge in [-0.15, -0.1) is 0 Å². The summed E-state index contributed by atoms with van der Waals surface area (Å²) in [5.74, 6) is 1.12. The summed E-state index contributed by atoms with van der Waals surface area (Å²) in [5, 5.41) is 3.21. The highest BCUT2D eigenvalue weighted by atomic mass is 32.2. The van der Waals surface area contributed by atoms with Gasteiger partial charge < -0.3 is 9.73 Å². The van der Waals surface area contributed by atoms with Gasteiger partial charge in [-0.05, 0) is 38.1 Å². The van der Waals surface area contributed by atoms with Crippen molar-refractivity contribution in [3.05, 3.63) is 17.6 Å². The van der Waals surface area contributed by atoms with Crippen LogP contribution in [-0.4, -0.2) is 21.5 Å². The van der Waals surface area contributed by atoms with E-state index >= 15 is 0 Å². The van der Waals surface area contributed by atoms with Crippen molar-refractivity contribution in [2.45, 2.75) is 57.9 Å². The van der Waals surface area contributed by atoms with Crippen LogP contribution in [0.3, 0.4) is 0 Å². The molecule has 6 heteroatoms. The van der Waals surface area contributed by atoms with Crippen molar-refractivity contribution in [1.29, 1.82) is 0 Å². The minimum Gasteiger partial charge on any atom is -0.464 e. The van der Waals surface area contributed by atoms with E-state index in [0.29, 0.717) is 24.6 Å². The van der Waals surface area contributed by atoms with Crippen LogP contribution in [0.5, 0.6) is 0 Å². The van der Waals surface area contributed by atoms with Crippen LogP contribution in [0.15, 0.2) is 15.4 Å². The summed E-state index contributed by atoms with van der Waals surface area (Å²) < 4.78 is 33.1. The van der Waals surface area contributed by atoms with E-state index in [1.54, 1.807) is 13.0 Å². The van der Waals surface area contributed by atoms with Crippen molar-refractivity contribution in [2.75, 3.05) is 13.1 Å². The third-order valence-electron chi connectivity index (χ3n) is 4.19. The summed E-state index contributed by atoms with van der Waals surface area (Å²) in [6.45, 7) is 7.86. The number of rotatable bonds is 8. The van der Waals surface area contributed by atoms with Crippen molar-refractivity contribution >= 4 is 10.0 Å². The lowest BCUT2D eigenvalue weighted by Crippen LogP contribution is -2.39. The zero-order chi connectivity index (χ0) is 15.5. The van der Waals surface area contributed by atoms with Gasteiger partial charge in [-0.3, -0.25) is 0 Å². The standard InChI is InChI=1S/C15H26N2O3S/c1-4-8-16-10-13-9-14(12(2)20-13)21(18,19)17-11-15(3)6-5-7-15/h9,16-17H,4-8,10-11H2,1-3H3. The molecular weight excluding hydrogens is 288 g/mol. The molecule has 1 fully saturated rings. The van der Waals surface area contributed by atoms with E-state index in [1.165, 1.54) is 6.42 Å². The molecule has 0 aromatic carbocycles. The maximum Gasteiger partial charge on any atom is 0.244 e. The minimum atomic E-state index is -3.48. The Hall–Kier alpha value is -0.850. The van der Waals surface area contributed by atoms with Crippen molar-refractivity contribution < 1.29 is 12.8 Å². The SMILES string of the molecule is CCCNCc1cc(S(=O)(=O)NCC2(C)CCC2)c(C)o1. The fraction of sp³-hybridized carbons (Fsp3) is 0.733. The van der Waals surface area contributed by atoms with Gasteiger partial charge in [-0.1, -0.05) is 20.3 Å². The van der Waals surface area contributed by atoms with Crippen LogP contribution in [0, 0.1) is 12.3 Å². The van der Waals surface area contributed by atoms with E-state index in [1.807, 2.05) is 0 Å². The average molecular weight is 314 g/mol. The van der Waals surface area contributed by atoms with Gasteiger partial charge in [0.25, 0.3) is 0 Å². The van der Waals surface area contributed by atoms with E-state index in [4.69, 9.17) is 4.42 Å². The molecule has 1 aromatic rings.